The van der Waals surface area contributed by atoms with E-state index in [1.165, 1.54) is 0 Å². The van der Waals surface area contributed by atoms with Crippen LogP contribution in [0.5, 0.6) is 0 Å². The van der Waals surface area contributed by atoms with Gasteiger partial charge in [0.25, 0.3) is 11.4 Å². The Bertz CT molecular complexity index is 943. The van der Waals surface area contributed by atoms with Crippen molar-refractivity contribution in [3.8, 4) is 12.1 Å². The maximum absolute atomic E-state index is 9.26. The van der Waals surface area contributed by atoms with Gasteiger partial charge in [-0.3, -0.25) is 0 Å². The van der Waals surface area contributed by atoms with E-state index in [1.807, 2.05) is 48.5 Å². The largest absolute Gasteiger partial charge is 0.268 e. The summed E-state index contributed by atoms with van der Waals surface area (Å²) in [6.45, 7) is 14.5. The quantitative estimate of drug-likeness (QED) is 0.536. The summed E-state index contributed by atoms with van der Waals surface area (Å²) in [6.07, 6.45) is 0. The molecule has 0 amide bonds. The molecule has 0 bridgehead atoms. The Balaban J connectivity index is 2.62. The lowest BCUT2D eigenvalue weighted by Gasteiger charge is -2.04. The van der Waals surface area contributed by atoms with Gasteiger partial charge in [-0.2, -0.15) is 0 Å². The van der Waals surface area contributed by atoms with Crippen molar-refractivity contribution in [3.63, 3.8) is 0 Å². The third kappa shape index (κ3) is 1.60. The molecule has 4 heteroatoms. The summed E-state index contributed by atoms with van der Waals surface area (Å²) in [5.41, 5.74) is 2.03. The molecule has 0 atom stereocenters. The van der Waals surface area contributed by atoms with Crippen molar-refractivity contribution < 1.29 is 0 Å². The van der Waals surface area contributed by atoms with E-state index in [0.717, 1.165) is 21.9 Å². The first-order chi connectivity index (χ1) is 10.8. The van der Waals surface area contributed by atoms with Gasteiger partial charge in [0, 0.05) is 0 Å². The van der Waals surface area contributed by atoms with Gasteiger partial charge in [-0.05, 0) is 33.0 Å². The van der Waals surface area contributed by atoms with Crippen molar-refractivity contribution in [1.29, 1.82) is 10.5 Å². The number of rotatable bonds is 0. The average molecular weight is 278 g/mol. The maximum Gasteiger partial charge on any atom is 0.268 e. The molecule has 0 aromatic heterocycles. The van der Waals surface area contributed by atoms with Crippen molar-refractivity contribution in [2.45, 2.75) is 0 Å². The summed E-state index contributed by atoms with van der Waals surface area (Å²) in [6, 6.07) is 14.9. The number of hydrogen-bond donors (Lipinski definition) is 0. The number of allylic oxidation sites excluding steroid dienone is 4. The first kappa shape index (κ1) is 13.1. The molecule has 0 aliphatic heterocycles. The Morgan fingerprint density at radius 1 is 0.818 bits per heavy atom. The van der Waals surface area contributed by atoms with Crippen LogP contribution in [0.1, 0.15) is 11.1 Å². The van der Waals surface area contributed by atoms with Crippen LogP contribution in [-0.2, 0) is 0 Å². The second-order valence-electron chi connectivity index (χ2n) is 4.60. The molecule has 2 aromatic rings. The SMILES string of the molecule is [C-]#[N+]/C(C#N)=C1\C(=C(/C#N)[N+]#[C-])c2cccc3cccc1c23. The van der Waals surface area contributed by atoms with E-state index in [0.29, 0.717) is 11.1 Å². The first-order valence-corrected chi connectivity index (χ1v) is 6.33. The smallest absolute Gasteiger partial charge is 0.226 e. The Hall–Kier alpha value is -3.86. The highest BCUT2D eigenvalue weighted by molar-refractivity contribution is 6.24. The van der Waals surface area contributed by atoms with Gasteiger partial charge in [-0.1, -0.05) is 36.4 Å². The van der Waals surface area contributed by atoms with E-state index in [4.69, 9.17) is 13.1 Å². The third-order valence-corrected chi connectivity index (χ3v) is 3.60. The third-order valence-electron chi connectivity index (χ3n) is 3.60. The second-order valence-corrected chi connectivity index (χ2v) is 4.60. The summed E-state index contributed by atoms with van der Waals surface area (Å²) in [7, 11) is 0. The molecule has 4 nitrogen and oxygen atoms in total. The fourth-order valence-corrected chi connectivity index (χ4v) is 2.79. The minimum Gasteiger partial charge on any atom is -0.226 e. The molecule has 0 unspecified atom stereocenters. The van der Waals surface area contributed by atoms with Gasteiger partial charge in [0.05, 0.1) is 25.3 Å². The fraction of sp³-hybridized carbons (Fsp3) is 0. The van der Waals surface area contributed by atoms with Crippen molar-refractivity contribution >= 4 is 21.9 Å². The Labute approximate surface area is 127 Å². The summed E-state index contributed by atoms with van der Waals surface area (Å²) in [5, 5.41) is 20.4. The standard InChI is InChI=1S/C18H6N4/c1-21-14(9-19)17-12-7-3-5-11-6-4-8-13(16(11)12)18(17)15(10-20)22-2/h3-8H/b17-14-,18-15+. The highest BCUT2D eigenvalue weighted by Crippen LogP contribution is 2.48. The summed E-state index contributed by atoms with van der Waals surface area (Å²) in [5.74, 6) is 0. The average Bonchev–Trinajstić information content (AvgIpc) is 2.88. The summed E-state index contributed by atoms with van der Waals surface area (Å²) < 4.78 is 0. The Morgan fingerprint density at radius 3 is 1.64 bits per heavy atom. The molecule has 2 aromatic carbocycles. The molecule has 0 saturated carbocycles. The highest BCUT2D eigenvalue weighted by Gasteiger charge is 2.29. The lowest BCUT2D eigenvalue weighted by atomic mass is 9.99. The Morgan fingerprint density at radius 2 is 1.27 bits per heavy atom. The molecule has 0 heterocycles. The molecule has 0 saturated heterocycles. The monoisotopic (exact) mass is 278 g/mol. The van der Waals surface area contributed by atoms with E-state index >= 15 is 0 Å². The summed E-state index contributed by atoms with van der Waals surface area (Å²) in [4.78, 5) is 6.56. The molecule has 0 radical (unpaired) electrons. The van der Waals surface area contributed by atoms with Gasteiger partial charge >= 0.3 is 0 Å². The molecular formula is C18H6N4. The number of nitrogens with zero attached hydrogens (tertiary/aromatic N) is 4. The second kappa shape index (κ2) is 4.92. The van der Waals surface area contributed by atoms with E-state index < -0.39 is 0 Å². The molecule has 1 aliphatic rings. The van der Waals surface area contributed by atoms with Crippen molar-refractivity contribution in [2.75, 3.05) is 0 Å². The molecule has 0 spiro atoms. The lowest BCUT2D eigenvalue weighted by Crippen LogP contribution is -1.88. The zero-order valence-corrected chi connectivity index (χ0v) is 11.3. The zero-order valence-electron chi connectivity index (χ0n) is 11.3. The van der Waals surface area contributed by atoms with E-state index in [1.54, 1.807) is 0 Å². The van der Waals surface area contributed by atoms with Crippen LogP contribution in [0.2, 0.25) is 0 Å². The summed E-state index contributed by atoms with van der Waals surface area (Å²) >= 11 is 0. The van der Waals surface area contributed by atoms with Crippen LogP contribution >= 0.6 is 0 Å². The van der Waals surface area contributed by atoms with E-state index in [2.05, 4.69) is 9.69 Å². The number of nitriles is 2. The van der Waals surface area contributed by atoms with Gasteiger partial charge < -0.3 is 0 Å². The molecule has 22 heavy (non-hydrogen) atoms. The van der Waals surface area contributed by atoms with Crippen LogP contribution in [-0.4, -0.2) is 0 Å². The molecular weight excluding hydrogens is 272 g/mol. The fourth-order valence-electron chi connectivity index (χ4n) is 2.79. The molecule has 3 rings (SSSR count). The van der Waals surface area contributed by atoms with Crippen LogP contribution in [0.4, 0.5) is 0 Å². The lowest BCUT2D eigenvalue weighted by molar-refractivity contribution is 1.49. The number of benzene rings is 2. The highest BCUT2D eigenvalue weighted by atomic mass is 14.7. The van der Waals surface area contributed by atoms with Crippen molar-refractivity contribution in [1.82, 2.24) is 0 Å². The van der Waals surface area contributed by atoms with Gasteiger partial charge in [0.15, 0.2) is 0 Å². The maximum atomic E-state index is 9.26. The van der Waals surface area contributed by atoms with Crippen LogP contribution < -0.4 is 0 Å². The first-order valence-electron chi connectivity index (χ1n) is 6.33. The predicted molar refractivity (Wildman–Crippen MR) is 82.2 cm³/mol. The Kier molecular flexibility index (Phi) is 2.94. The van der Waals surface area contributed by atoms with Gasteiger partial charge in [0.2, 0.25) is 0 Å². The van der Waals surface area contributed by atoms with Gasteiger partial charge in [-0.15, -0.1) is 0 Å². The van der Waals surface area contributed by atoms with E-state index in [-0.39, 0.29) is 11.4 Å². The van der Waals surface area contributed by atoms with Crippen LogP contribution in [0.3, 0.4) is 0 Å². The molecule has 0 fully saturated rings. The van der Waals surface area contributed by atoms with Gasteiger partial charge in [-0.25, -0.2) is 20.2 Å². The molecule has 0 N–H and O–H groups in total. The zero-order chi connectivity index (χ0) is 15.7. The molecule has 98 valence electrons. The van der Waals surface area contributed by atoms with Crippen LogP contribution in [0.25, 0.3) is 31.6 Å². The van der Waals surface area contributed by atoms with Crippen molar-refractivity contribution in [2.24, 2.45) is 0 Å². The minimum atomic E-state index is -0.102. The van der Waals surface area contributed by atoms with Gasteiger partial charge in [0.1, 0.15) is 0 Å². The molecule has 1 aliphatic carbocycles. The van der Waals surface area contributed by atoms with Crippen LogP contribution in [0, 0.1) is 35.8 Å². The van der Waals surface area contributed by atoms with Crippen molar-refractivity contribution in [3.05, 3.63) is 81.8 Å². The predicted octanol–water partition coefficient (Wildman–Crippen LogP) is 4.16. The minimum absolute atomic E-state index is 0.102. The van der Waals surface area contributed by atoms with Crippen LogP contribution in [0.15, 0.2) is 47.8 Å². The van der Waals surface area contributed by atoms with E-state index in [9.17, 15) is 10.5 Å². The normalized spacial score (nSPS) is 16.2. The topological polar surface area (TPSA) is 56.3 Å². The number of hydrogen-bond acceptors (Lipinski definition) is 2.